The Bertz CT molecular complexity index is 400. The molecule has 0 atom stereocenters. The van der Waals surface area contributed by atoms with Crippen molar-refractivity contribution in [1.82, 2.24) is 0 Å². The van der Waals surface area contributed by atoms with Crippen molar-refractivity contribution in [2.75, 3.05) is 0 Å². The Kier molecular flexibility index (Phi) is 5.68. The van der Waals surface area contributed by atoms with Crippen LogP contribution in [0.3, 0.4) is 0 Å². The Balaban J connectivity index is 1.77. The van der Waals surface area contributed by atoms with Crippen molar-refractivity contribution in [2.24, 2.45) is 5.92 Å². The summed E-state index contributed by atoms with van der Waals surface area (Å²) in [6.07, 6.45) is 6.35. The van der Waals surface area contributed by atoms with Crippen molar-refractivity contribution >= 4 is 0 Å². The van der Waals surface area contributed by atoms with E-state index >= 15 is 0 Å². The van der Waals surface area contributed by atoms with Gasteiger partial charge in [0.1, 0.15) is 0 Å². The first-order chi connectivity index (χ1) is 9.38. The molecule has 19 heavy (non-hydrogen) atoms. The maximum Gasteiger partial charge on any atom is -0.0276 e. The van der Waals surface area contributed by atoms with Crippen LogP contribution in [0.1, 0.15) is 37.3 Å². The standard InChI is InChI=1S/C19H24/c1-2-17(13-15-18-9-5-3-6-10-18)14-16-19-11-7-4-8-12-19/h3-12,17H,2,13-16H2,1H3. The minimum Gasteiger partial charge on any atom is -0.0651 e. The smallest absolute Gasteiger partial charge is 0.0276 e. The molecule has 0 aliphatic rings. The molecule has 0 amide bonds. The zero-order valence-corrected chi connectivity index (χ0v) is 11.9. The van der Waals surface area contributed by atoms with E-state index in [9.17, 15) is 0 Å². The molecule has 0 saturated carbocycles. The summed E-state index contributed by atoms with van der Waals surface area (Å²) in [5, 5.41) is 0. The van der Waals surface area contributed by atoms with Crippen LogP contribution in [0.2, 0.25) is 0 Å². The second-order valence-corrected chi connectivity index (χ2v) is 5.32. The van der Waals surface area contributed by atoms with Crippen molar-refractivity contribution in [3.05, 3.63) is 71.8 Å². The van der Waals surface area contributed by atoms with E-state index in [1.54, 1.807) is 0 Å². The lowest BCUT2D eigenvalue weighted by molar-refractivity contribution is 0.437. The lowest BCUT2D eigenvalue weighted by Crippen LogP contribution is -2.03. The highest BCUT2D eigenvalue weighted by Gasteiger charge is 2.07. The molecule has 2 rings (SSSR count). The Morgan fingerprint density at radius 1 is 0.684 bits per heavy atom. The van der Waals surface area contributed by atoms with Crippen LogP contribution in [0.25, 0.3) is 0 Å². The normalized spacial score (nSPS) is 10.8. The van der Waals surface area contributed by atoms with Crippen LogP contribution in [0.5, 0.6) is 0 Å². The van der Waals surface area contributed by atoms with E-state index in [1.807, 2.05) is 0 Å². The minimum atomic E-state index is 0.848. The maximum absolute atomic E-state index is 2.32. The molecule has 0 unspecified atom stereocenters. The largest absolute Gasteiger partial charge is 0.0651 e. The summed E-state index contributed by atoms with van der Waals surface area (Å²) in [5.74, 6) is 0.848. The summed E-state index contributed by atoms with van der Waals surface area (Å²) in [6.45, 7) is 2.32. The highest BCUT2D eigenvalue weighted by atomic mass is 14.1. The fourth-order valence-corrected chi connectivity index (χ4v) is 2.58. The Morgan fingerprint density at radius 3 is 1.47 bits per heavy atom. The van der Waals surface area contributed by atoms with Gasteiger partial charge in [0, 0.05) is 0 Å². The van der Waals surface area contributed by atoms with Gasteiger partial charge in [-0.25, -0.2) is 0 Å². The number of aryl methyl sites for hydroxylation is 2. The van der Waals surface area contributed by atoms with Crippen LogP contribution < -0.4 is 0 Å². The molecular formula is C19H24. The number of rotatable bonds is 7. The lowest BCUT2D eigenvalue weighted by atomic mass is 9.91. The predicted molar refractivity (Wildman–Crippen MR) is 83.3 cm³/mol. The quantitative estimate of drug-likeness (QED) is 0.629. The van der Waals surface area contributed by atoms with Gasteiger partial charge in [-0.3, -0.25) is 0 Å². The molecule has 0 aliphatic heterocycles. The lowest BCUT2D eigenvalue weighted by Gasteiger charge is -2.14. The summed E-state index contributed by atoms with van der Waals surface area (Å²) in [6, 6.07) is 21.7. The average Bonchev–Trinajstić information content (AvgIpc) is 2.49. The third-order valence-electron chi connectivity index (χ3n) is 3.95. The van der Waals surface area contributed by atoms with Gasteiger partial charge >= 0.3 is 0 Å². The maximum atomic E-state index is 2.32. The molecular weight excluding hydrogens is 228 g/mol. The Morgan fingerprint density at radius 2 is 1.11 bits per heavy atom. The van der Waals surface area contributed by atoms with Crippen molar-refractivity contribution < 1.29 is 0 Å². The van der Waals surface area contributed by atoms with Crippen LogP contribution in [0.15, 0.2) is 60.7 Å². The third kappa shape index (κ3) is 4.90. The molecule has 100 valence electrons. The molecule has 0 fully saturated rings. The van der Waals surface area contributed by atoms with E-state index in [0.717, 1.165) is 5.92 Å². The Hall–Kier alpha value is -1.56. The van der Waals surface area contributed by atoms with Gasteiger partial charge < -0.3 is 0 Å². The molecule has 2 aromatic rings. The van der Waals surface area contributed by atoms with Crippen molar-refractivity contribution in [3.8, 4) is 0 Å². The van der Waals surface area contributed by atoms with E-state index in [0.29, 0.717) is 0 Å². The van der Waals surface area contributed by atoms with Gasteiger partial charge in [0.25, 0.3) is 0 Å². The molecule has 0 nitrogen and oxygen atoms in total. The van der Waals surface area contributed by atoms with Gasteiger partial charge in [0.05, 0.1) is 0 Å². The molecule has 0 saturated heterocycles. The first-order valence-electron chi connectivity index (χ1n) is 7.46. The molecule has 0 N–H and O–H groups in total. The average molecular weight is 252 g/mol. The molecule has 2 aromatic carbocycles. The summed E-state index contributed by atoms with van der Waals surface area (Å²) in [5.41, 5.74) is 2.95. The van der Waals surface area contributed by atoms with Crippen LogP contribution in [0.4, 0.5) is 0 Å². The highest BCUT2D eigenvalue weighted by Crippen LogP contribution is 2.19. The van der Waals surface area contributed by atoms with E-state index in [2.05, 4.69) is 67.6 Å². The third-order valence-corrected chi connectivity index (χ3v) is 3.95. The van der Waals surface area contributed by atoms with Gasteiger partial charge in [-0.2, -0.15) is 0 Å². The van der Waals surface area contributed by atoms with E-state index in [1.165, 1.54) is 43.2 Å². The summed E-state index contributed by atoms with van der Waals surface area (Å²) >= 11 is 0. The second-order valence-electron chi connectivity index (χ2n) is 5.32. The molecule has 0 aliphatic carbocycles. The van der Waals surface area contributed by atoms with Crippen molar-refractivity contribution in [1.29, 1.82) is 0 Å². The summed E-state index contributed by atoms with van der Waals surface area (Å²) < 4.78 is 0. The fourth-order valence-electron chi connectivity index (χ4n) is 2.58. The highest BCUT2D eigenvalue weighted by molar-refractivity contribution is 5.15. The molecule has 0 radical (unpaired) electrons. The molecule has 0 aromatic heterocycles. The fraction of sp³-hybridized carbons (Fsp3) is 0.368. The molecule has 0 bridgehead atoms. The summed E-state index contributed by atoms with van der Waals surface area (Å²) in [7, 11) is 0. The topological polar surface area (TPSA) is 0 Å². The van der Waals surface area contributed by atoms with Crippen LogP contribution in [0, 0.1) is 5.92 Å². The van der Waals surface area contributed by atoms with Crippen molar-refractivity contribution in [2.45, 2.75) is 39.0 Å². The van der Waals surface area contributed by atoms with Gasteiger partial charge in [-0.15, -0.1) is 0 Å². The molecule has 0 spiro atoms. The zero-order chi connectivity index (χ0) is 13.3. The number of hydrogen-bond donors (Lipinski definition) is 0. The summed E-state index contributed by atoms with van der Waals surface area (Å²) in [4.78, 5) is 0. The van der Waals surface area contributed by atoms with E-state index in [-0.39, 0.29) is 0 Å². The first kappa shape index (κ1) is 13.9. The SMILES string of the molecule is CCC(CCc1ccccc1)CCc1ccccc1. The minimum absolute atomic E-state index is 0.848. The van der Waals surface area contributed by atoms with Crippen LogP contribution in [-0.2, 0) is 12.8 Å². The Labute approximate surface area is 117 Å². The number of hydrogen-bond acceptors (Lipinski definition) is 0. The zero-order valence-electron chi connectivity index (χ0n) is 11.9. The van der Waals surface area contributed by atoms with Gasteiger partial charge in [-0.05, 0) is 42.7 Å². The van der Waals surface area contributed by atoms with Gasteiger partial charge in [-0.1, -0.05) is 74.0 Å². The molecule has 0 heterocycles. The second kappa shape index (κ2) is 7.78. The molecule has 0 heteroatoms. The van der Waals surface area contributed by atoms with Gasteiger partial charge in [0.2, 0.25) is 0 Å². The predicted octanol–water partition coefficient (Wildman–Crippen LogP) is 5.28. The van der Waals surface area contributed by atoms with Crippen LogP contribution in [-0.4, -0.2) is 0 Å². The van der Waals surface area contributed by atoms with E-state index < -0.39 is 0 Å². The monoisotopic (exact) mass is 252 g/mol. The van der Waals surface area contributed by atoms with Crippen LogP contribution >= 0.6 is 0 Å². The van der Waals surface area contributed by atoms with Crippen molar-refractivity contribution in [3.63, 3.8) is 0 Å². The number of benzene rings is 2. The van der Waals surface area contributed by atoms with Gasteiger partial charge in [0.15, 0.2) is 0 Å². The first-order valence-corrected chi connectivity index (χ1v) is 7.46. The van der Waals surface area contributed by atoms with E-state index in [4.69, 9.17) is 0 Å².